The largest absolute Gasteiger partial charge is 0.469 e. The summed E-state index contributed by atoms with van der Waals surface area (Å²) in [6.45, 7) is 3.46. The Morgan fingerprint density at radius 1 is 0.600 bits per heavy atom. The fraction of sp³-hybridized carbons (Fsp3) is 0.667. The van der Waals surface area contributed by atoms with Crippen LogP contribution in [-0.2, 0) is 28.2 Å². The summed E-state index contributed by atoms with van der Waals surface area (Å²) in [4.78, 5) is 42.5. The molecule has 0 aromatic carbocycles. The molecule has 0 aliphatic carbocycles. The predicted molar refractivity (Wildman–Crippen MR) is 184 cm³/mol. The number of hydrogen-bond donors (Lipinski definition) is 2. The van der Waals surface area contributed by atoms with Crippen molar-refractivity contribution < 1.29 is 37.9 Å². The summed E-state index contributed by atoms with van der Waals surface area (Å²) in [5.74, 6) is -0.931. The van der Waals surface area contributed by atoms with Crippen molar-refractivity contribution in [2.75, 3.05) is 13.2 Å². The molecule has 0 fully saturated rings. The van der Waals surface area contributed by atoms with Crippen LogP contribution in [0.1, 0.15) is 136 Å². The molecule has 0 bridgehead atoms. The highest BCUT2D eigenvalue weighted by Crippen LogP contribution is 2.35. The van der Waals surface area contributed by atoms with Gasteiger partial charge in [-0.1, -0.05) is 126 Å². The Labute approximate surface area is 273 Å². The molecule has 45 heavy (non-hydrogen) atoms. The Balaban J connectivity index is 4.08. The number of esters is 2. The number of carbonyl (C=O) groups excluding carboxylic acids is 2. The lowest BCUT2D eigenvalue weighted by Crippen LogP contribution is -2.29. The monoisotopic (exact) mass is 652 g/mol. The Morgan fingerprint density at radius 2 is 1.09 bits per heavy atom. The lowest BCUT2D eigenvalue weighted by atomic mass is 10.1. The van der Waals surface area contributed by atoms with Crippen LogP contribution in [-0.4, -0.2) is 41.0 Å². The van der Waals surface area contributed by atoms with Crippen LogP contribution < -0.4 is 0 Å². The first-order valence-electron chi connectivity index (χ1n) is 17.1. The van der Waals surface area contributed by atoms with Crippen LogP contribution in [0.5, 0.6) is 0 Å². The Kier molecular flexibility index (Phi) is 30.1. The standard InChI is InChI=1S/C36H61O8P/c1-3-5-7-9-11-13-15-17-18-19-21-22-24-26-28-30-35(37)42-32-34(33-43-45(39,40)41)44-36(38)31-29-27-25-23-20-16-14-12-10-8-6-4-2/h5,7,9,11-15,17-18,34H,3-4,6,8,10,16,19-33H2,1-2H3,(H2,39,40,41)/b7-5+,11-9+,14-12+,15-13+,18-17+/t34-/m1/s1. The van der Waals surface area contributed by atoms with E-state index in [2.05, 4.69) is 48.8 Å². The van der Waals surface area contributed by atoms with Crippen molar-refractivity contribution in [3.05, 3.63) is 60.8 Å². The van der Waals surface area contributed by atoms with Crippen molar-refractivity contribution >= 4 is 19.8 Å². The van der Waals surface area contributed by atoms with Crippen LogP contribution in [0, 0.1) is 0 Å². The number of hydrogen-bond acceptors (Lipinski definition) is 6. The van der Waals surface area contributed by atoms with Gasteiger partial charge in [0.25, 0.3) is 0 Å². The van der Waals surface area contributed by atoms with Gasteiger partial charge in [0.2, 0.25) is 0 Å². The third-order valence-electron chi connectivity index (χ3n) is 6.86. The van der Waals surface area contributed by atoms with Crippen molar-refractivity contribution in [2.24, 2.45) is 0 Å². The molecule has 0 unspecified atom stereocenters. The highest BCUT2D eigenvalue weighted by atomic mass is 31.2. The molecule has 0 spiro atoms. The van der Waals surface area contributed by atoms with Gasteiger partial charge >= 0.3 is 19.8 Å². The lowest BCUT2D eigenvalue weighted by Gasteiger charge is -2.18. The molecule has 0 aliphatic rings. The van der Waals surface area contributed by atoms with E-state index in [1.165, 1.54) is 19.3 Å². The Hall–Kier alpha value is -2.25. The zero-order valence-electron chi connectivity index (χ0n) is 28.0. The zero-order valence-corrected chi connectivity index (χ0v) is 28.9. The second-order valence-corrected chi connectivity index (χ2v) is 12.4. The van der Waals surface area contributed by atoms with E-state index in [-0.39, 0.29) is 19.4 Å². The minimum atomic E-state index is -4.76. The van der Waals surface area contributed by atoms with Gasteiger partial charge in [-0.05, 0) is 57.8 Å². The molecule has 0 rings (SSSR count). The van der Waals surface area contributed by atoms with Gasteiger partial charge in [0.1, 0.15) is 6.61 Å². The number of phosphoric ester groups is 1. The minimum absolute atomic E-state index is 0.193. The topological polar surface area (TPSA) is 119 Å². The molecule has 0 heterocycles. The van der Waals surface area contributed by atoms with Gasteiger partial charge in [-0.2, -0.15) is 0 Å². The molecule has 0 aliphatic heterocycles. The highest BCUT2D eigenvalue weighted by molar-refractivity contribution is 7.46. The highest BCUT2D eigenvalue weighted by Gasteiger charge is 2.22. The lowest BCUT2D eigenvalue weighted by molar-refractivity contribution is -0.161. The smallest absolute Gasteiger partial charge is 0.462 e. The molecule has 9 heteroatoms. The van der Waals surface area contributed by atoms with E-state index >= 15 is 0 Å². The summed E-state index contributed by atoms with van der Waals surface area (Å²) in [6, 6.07) is 0. The van der Waals surface area contributed by atoms with E-state index in [0.717, 1.165) is 77.0 Å². The average Bonchev–Trinajstić information content (AvgIpc) is 3.00. The fourth-order valence-electron chi connectivity index (χ4n) is 4.32. The predicted octanol–water partition coefficient (Wildman–Crippen LogP) is 9.78. The van der Waals surface area contributed by atoms with Crippen molar-refractivity contribution in [1.82, 2.24) is 0 Å². The van der Waals surface area contributed by atoms with Crippen molar-refractivity contribution in [1.29, 1.82) is 0 Å². The first-order chi connectivity index (χ1) is 21.8. The molecular formula is C36H61O8P. The molecule has 0 aromatic heterocycles. The Bertz CT molecular complexity index is 916. The quantitative estimate of drug-likeness (QED) is 0.0259. The maximum atomic E-state index is 12.3. The van der Waals surface area contributed by atoms with Crippen molar-refractivity contribution in [2.45, 2.75) is 142 Å². The van der Waals surface area contributed by atoms with Crippen LogP contribution in [0.3, 0.4) is 0 Å². The molecule has 258 valence electrons. The van der Waals surface area contributed by atoms with Gasteiger partial charge in [-0.25, -0.2) is 4.57 Å². The normalized spacial score (nSPS) is 13.2. The molecule has 0 aromatic rings. The summed E-state index contributed by atoms with van der Waals surface area (Å²) in [5, 5.41) is 0. The fourth-order valence-corrected chi connectivity index (χ4v) is 4.68. The first-order valence-corrected chi connectivity index (χ1v) is 18.7. The third-order valence-corrected chi connectivity index (χ3v) is 7.35. The van der Waals surface area contributed by atoms with Gasteiger partial charge in [0, 0.05) is 12.8 Å². The summed E-state index contributed by atoms with van der Waals surface area (Å²) >= 11 is 0. The van der Waals surface area contributed by atoms with E-state index in [0.29, 0.717) is 12.8 Å². The molecule has 0 radical (unpaired) electrons. The van der Waals surface area contributed by atoms with Crippen LogP contribution in [0.25, 0.3) is 0 Å². The molecule has 1 atom stereocenters. The van der Waals surface area contributed by atoms with E-state index in [1.54, 1.807) is 0 Å². The molecule has 8 nitrogen and oxygen atoms in total. The van der Waals surface area contributed by atoms with E-state index in [9.17, 15) is 14.2 Å². The third kappa shape index (κ3) is 34.5. The summed E-state index contributed by atoms with van der Waals surface area (Å²) in [5.41, 5.74) is 0. The van der Waals surface area contributed by atoms with Crippen molar-refractivity contribution in [3.8, 4) is 0 Å². The number of ether oxygens (including phenoxy) is 2. The van der Waals surface area contributed by atoms with E-state index in [1.807, 2.05) is 30.4 Å². The van der Waals surface area contributed by atoms with Crippen LogP contribution in [0.2, 0.25) is 0 Å². The van der Waals surface area contributed by atoms with Crippen LogP contribution >= 0.6 is 7.82 Å². The van der Waals surface area contributed by atoms with Gasteiger partial charge in [-0.3, -0.25) is 14.1 Å². The first kappa shape index (κ1) is 42.8. The number of rotatable bonds is 30. The van der Waals surface area contributed by atoms with E-state index < -0.39 is 32.5 Å². The number of phosphoric acid groups is 1. The number of unbranched alkanes of at least 4 members (excludes halogenated alkanes) is 13. The average molecular weight is 653 g/mol. The van der Waals surface area contributed by atoms with Gasteiger partial charge in [-0.15, -0.1) is 0 Å². The van der Waals surface area contributed by atoms with Gasteiger partial charge in [0.15, 0.2) is 6.10 Å². The second kappa shape index (κ2) is 31.7. The molecular weight excluding hydrogens is 591 g/mol. The van der Waals surface area contributed by atoms with Crippen LogP contribution in [0.4, 0.5) is 0 Å². The van der Waals surface area contributed by atoms with Crippen LogP contribution in [0.15, 0.2) is 60.8 Å². The SMILES string of the molecule is CC/C=C/C=C/C=C/C=C/CCCCCCCC(=O)OC[C@H](COP(=O)(O)O)OC(=O)CCCCCCC/C=C/CCCCC. The summed E-state index contributed by atoms with van der Waals surface area (Å²) < 4.78 is 26.2. The second-order valence-electron chi connectivity index (χ2n) is 11.2. The Morgan fingerprint density at radius 3 is 1.67 bits per heavy atom. The minimum Gasteiger partial charge on any atom is -0.462 e. The molecule has 0 amide bonds. The zero-order chi connectivity index (χ0) is 33.3. The number of carbonyl (C=O) groups is 2. The maximum Gasteiger partial charge on any atom is 0.469 e. The summed E-state index contributed by atoms with van der Waals surface area (Å²) in [6.07, 6.45) is 38.0. The molecule has 2 N–H and O–H groups in total. The van der Waals surface area contributed by atoms with Crippen molar-refractivity contribution in [3.63, 3.8) is 0 Å². The number of allylic oxidation sites excluding steroid dienone is 10. The summed E-state index contributed by atoms with van der Waals surface area (Å²) in [7, 11) is -4.76. The molecule has 0 saturated heterocycles. The van der Waals surface area contributed by atoms with E-state index in [4.69, 9.17) is 19.3 Å². The van der Waals surface area contributed by atoms with Gasteiger partial charge in [0.05, 0.1) is 6.61 Å². The molecule has 0 saturated carbocycles. The van der Waals surface area contributed by atoms with Gasteiger partial charge < -0.3 is 19.3 Å². The maximum absolute atomic E-state index is 12.3.